The monoisotopic (exact) mass is 445 g/mol. The number of rotatable bonds is 3. The van der Waals surface area contributed by atoms with E-state index in [1.165, 1.54) is 30.4 Å². The molecule has 3 aliphatic heterocycles. The number of thiazole rings is 1. The lowest BCUT2D eigenvalue weighted by molar-refractivity contribution is -0.114. The molecule has 1 spiro atoms. The van der Waals surface area contributed by atoms with Gasteiger partial charge < -0.3 is 15.5 Å². The van der Waals surface area contributed by atoms with E-state index in [4.69, 9.17) is 16.6 Å². The number of carbonyl (C=O) groups is 2. The van der Waals surface area contributed by atoms with Gasteiger partial charge in [-0.25, -0.2) is 14.2 Å². The molecule has 5 rings (SSSR count). The molecule has 30 heavy (non-hydrogen) atoms. The second-order valence-electron chi connectivity index (χ2n) is 7.63. The highest BCUT2D eigenvalue weighted by Gasteiger charge is 2.51. The van der Waals surface area contributed by atoms with E-state index in [9.17, 15) is 14.0 Å². The summed E-state index contributed by atoms with van der Waals surface area (Å²) in [6.45, 7) is 2.41. The number of halogens is 2. The lowest BCUT2D eigenvalue weighted by atomic mass is 9.90. The zero-order valence-electron chi connectivity index (χ0n) is 15.9. The molecule has 2 aromatic rings. The summed E-state index contributed by atoms with van der Waals surface area (Å²) < 4.78 is 13.7. The van der Waals surface area contributed by atoms with Crippen LogP contribution in [0.15, 0.2) is 46.0 Å². The van der Waals surface area contributed by atoms with Gasteiger partial charge >= 0.3 is 6.03 Å². The molecule has 1 aromatic heterocycles. The summed E-state index contributed by atoms with van der Waals surface area (Å²) >= 11 is 7.79. The first kappa shape index (κ1) is 19.2. The Bertz CT molecular complexity index is 1130. The predicted molar refractivity (Wildman–Crippen MR) is 111 cm³/mol. The Morgan fingerprint density at radius 2 is 2.27 bits per heavy atom. The number of aromatic nitrogens is 1. The fraction of sp³-hybridized carbons (Fsp3) is 0.300. The maximum Gasteiger partial charge on any atom is 0.315 e. The van der Waals surface area contributed by atoms with Gasteiger partial charge in [-0.3, -0.25) is 9.79 Å². The fourth-order valence-electron chi connectivity index (χ4n) is 4.36. The van der Waals surface area contributed by atoms with E-state index < -0.39 is 17.4 Å². The highest BCUT2D eigenvalue weighted by molar-refractivity contribution is 7.11. The number of nitrogens with one attached hydrogen (secondary N) is 2. The largest absolute Gasteiger partial charge is 0.336 e. The summed E-state index contributed by atoms with van der Waals surface area (Å²) in [5.74, 6) is 0.0204. The lowest BCUT2D eigenvalue weighted by Crippen LogP contribution is -2.47. The minimum Gasteiger partial charge on any atom is -0.336 e. The third-order valence-corrected chi connectivity index (χ3v) is 6.71. The molecule has 1 aromatic carbocycles. The Morgan fingerprint density at radius 1 is 1.43 bits per heavy atom. The Kier molecular flexibility index (Phi) is 4.41. The minimum absolute atomic E-state index is 0.142. The molecule has 4 heterocycles. The fourth-order valence-corrected chi connectivity index (χ4v) is 5.27. The Labute approximate surface area is 180 Å². The van der Waals surface area contributed by atoms with Crippen LogP contribution in [0.25, 0.3) is 0 Å². The summed E-state index contributed by atoms with van der Waals surface area (Å²) in [4.78, 5) is 35.9. The molecule has 2 amide bonds. The third kappa shape index (κ3) is 3.00. The summed E-state index contributed by atoms with van der Waals surface area (Å²) in [5.41, 5.74) is 1.31. The van der Waals surface area contributed by atoms with Crippen LogP contribution in [0, 0.1) is 5.82 Å². The van der Waals surface area contributed by atoms with Crippen molar-refractivity contribution in [2.24, 2.45) is 4.99 Å². The van der Waals surface area contributed by atoms with Crippen LogP contribution in [0.3, 0.4) is 0 Å². The molecular formula is C20H17ClFN5O2S. The SMILES string of the molecule is CC(=O)C1=C2C[C@@]3(CNC(=O)N3)CN2C(c2nccs2)=N[C@H]1c1ccc(F)cc1Cl. The summed E-state index contributed by atoms with van der Waals surface area (Å²) in [7, 11) is 0. The first-order valence-corrected chi connectivity index (χ1v) is 10.6. The molecule has 10 heteroatoms. The molecule has 2 fully saturated rings. The van der Waals surface area contributed by atoms with Gasteiger partial charge in [0.25, 0.3) is 0 Å². The summed E-state index contributed by atoms with van der Waals surface area (Å²) in [6.07, 6.45) is 2.16. The van der Waals surface area contributed by atoms with Crippen molar-refractivity contribution in [3.05, 3.63) is 62.5 Å². The van der Waals surface area contributed by atoms with E-state index in [0.29, 0.717) is 41.5 Å². The van der Waals surface area contributed by atoms with E-state index in [2.05, 4.69) is 15.6 Å². The zero-order chi connectivity index (χ0) is 21.0. The molecule has 0 unspecified atom stereocenters. The zero-order valence-corrected chi connectivity index (χ0v) is 17.5. The van der Waals surface area contributed by atoms with Crippen molar-refractivity contribution in [3.8, 4) is 0 Å². The summed E-state index contributed by atoms with van der Waals surface area (Å²) in [6, 6.07) is 3.19. The van der Waals surface area contributed by atoms with Crippen molar-refractivity contribution in [1.82, 2.24) is 20.5 Å². The third-order valence-electron chi connectivity index (χ3n) is 5.61. The van der Waals surface area contributed by atoms with Crippen molar-refractivity contribution < 1.29 is 14.0 Å². The lowest BCUT2D eigenvalue weighted by Gasteiger charge is -2.32. The van der Waals surface area contributed by atoms with Crippen molar-refractivity contribution in [2.75, 3.05) is 13.1 Å². The van der Waals surface area contributed by atoms with Crippen LogP contribution in [-0.2, 0) is 4.79 Å². The molecule has 0 aliphatic carbocycles. The smallest absolute Gasteiger partial charge is 0.315 e. The molecular weight excluding hydrogens is 429 g/mol. The molecule has 7 nitrogen and oxygen atoms in total. The number of ketones is 1. The second kappa shape index (κ2) is 6.88. The van der Waals surface area contributed by atoms with Crippen molar-refractivity contribution in [2.45, 2.75) is 24.9 Å². The highest BCUT2D eigenvalue weighted by atomic mass is 35.5. The number of hydrogen-bond acceptors (Lipinski definition) is 6. The highest BCUT2D eigenvalue weighted by Crippen LogP contribution is 2.45. The normalized spacial score (nSPS) is 25.3. The van der Waals surface area contributed by atoms with Gasteiger partial charge in [0.15, 0.2) is 16.6 Å². The number of nitrogens with zero attached hydrogens (tertiary/aromatic N) is 3. The number of urea groups is 1. The van der Waals surface area contributed by atoms with E-state index in [1.807, 2.05) is 10.3 Å². The molecule has 2 saturated heterocycles. The minimum atomic E-state index is -0.680. The van der Waals surface area contributed by atoms with Crippen LogP contribution in [-0.4, -0.2) is 46.2 Å². The van der Waals surface area contributed by atoms with E-state index in [-0.39, 0.29) is 16.8 Å². The number of amidine groups is 1. The van der Waals surface area contributed by atoms with Gasteiger partial charge in [-0.2, -0.15) is 0 Å². The number of hydrogen-bond donors (Lipinski definition) is 2. The van der Waals surface area contributed by atoms with Crippen molar-refractivity contribution in [1.29, 1.82) is 0 Å². The van der Waals surface area contributed by atoms with Crippen LogP contribution < -0.4 is 10.6 Å². The Hall–Kier alpha value is -2.78. The van der Waals surface area contributed by atoms with Crippen molar-refractivity contribution in [3.63, 3.8) is 0 Å². The van der Waals surface area contributed by atoms with Gasteiger partial charge in [-0.1, -0.05) is 17.7 Å². The molecule has 0 radical (unpaired) electrons. The quantitative estimate of drug-likeness (QED) is 0.760. The predicted octanol–water partition coefficient (Wildman–Crippen LogP) is 3.04. The van der Waals surface area contributed by atoms with E-state index in [0.717, 1.165) is 5.70 Å². The van der Waals surface area contributed by atoms with Gasteiger partial charge in [0.1, 0.15) is 11.9 Å². The van der Waals surface area contributed by atoms with Gasteiger partial charge in [0.05, 0.1) is 5.54 Å². The number of amides is 2. The maximum atomic E-state index is 13.7. The van der Waals surface area contributed by atoms with E-state index in [1.54, 1.807) is 12.3 Å². The molecule has 2 N–H and O–H groups in total. The summed E-state index contributed by atoms with van der Waals surface area (Å²) in [5, 5.41) is 8.58. The van der Waals surface area contributed by atoms with E-state index >= 15 is 0 Å². The first-order valence-electron chi connectivity index (χ1n) is 9.37. The molecule has 154 valence electrons. The van der Waals surface area contributed by atoms with Gasteiger partial charge in [0.2, 0.25) is 0 Å². The number of carbonyl (C=O) groups excluding carboxylic acids is 2. The van der Waals surface area contributed by atoms with Gasteiger partial charge in [-0.05, 0) is 19.1 Å². The van der Waals surface area contributed by atoms with Crippen LogP contribution in [0.2, 0.25) is 5.02 Å². The van der Waals surface area contributed by atoms with Crippen LogP contribution in [0.4, 0.5) is 9.18 Å². The van der Waals surface area contributed by atoms with Crippen LogP contribution in [0.5, 0.6) is 0 Å². The molecule has 2 atom stereocenters. The topological polar surface area (TPSA) is 86.7 Å². The number of fused-ring (bicyclic) bond motifs is 1. The van der Waals surface area contributed by atoms with Gasteiger partial charge in [-0.15, -0.1) is 11.3 Å². The number of aliphatic imine (C=N–C) groups is 1. The Balaban J connectivity index is 1.70. The van der Waals surface area contributed by atoms with Crippen LogP contribution >= 0.6 is 22.9 Å². The average molecular weight is 446 g/mol. The van der Waals surface area contributed by atoms with Crippen molar-refractivity contribution >= 4 is 40.6 Å². The average Bonchev–Trinajstić information content (AvgIpc) is 3.41. The molecule has 0 bridgehead atoms. The van der Waals surface area contributed by atoms with Crippen LogP contribution in [0.1, 0.15) is 30.0 Å². The number of Topliss-reactive ketones (excluding diaryl/α,β-unsaturated/α-hetero) is 1. The molecule has 3 aliphatic rings. The first-order chi connectivity index (χ1) is 14.4. The van der Waals surface area contributed by atoms with Gasteiger partial charge in [0, 0.05) is 52.9 Å². The standard InChI is InChI=1S/C20H17ClFN5O2S/c1-10(28)15-14-7-20(8-24-19(29)26-20)9-27(14)17(18-23-4-5-30-18)25-16(15)12-3-2-11(22)6-13(12)21/h2-6,16H,7-9H2,1H3,(H2,24,26,29)/t16-,20+/m0/s1. The second-order valence-corrected chi connectivity index (χ2v) is 8.93. The maximum absolute atomic E-state index is 13.7. The Morgan fingerprint density at radius 3 is 2.90 bits per heavy atom. The number of benzene rings is 1. The molecule has 0 saturated carbocycles.